The molecule has 2 N–H and O–H groups in total. The third kappa shape index (κ3) is 4.14. The number of aryl methyl sites for hydroxylation is 2. The van der Waals surface area contributed by atoms with E-state index in [1.54, 1.807) is 0 Å². The van der Waals surface area contributed by atoms with Crippen LogP contribution in [0.15, 0.2) is 42.5 Å². The molecule has 2 heteroatoms. The first-order chi connectivity index (χ1) is 11.0. The molecule has 124 valence electrons. The molecule has 2 rings (SSSR count). The Kier molecular flexibility index (Phi) is 5.84. The zero-order valence-electron chi connectivity index (χ0n) is 14.9. The smallest absolute Gasteiger partial charge is 0.125 e. The van der Waals surface area contributed by atoms with Crippen molar-refractivity contribution in [1.29, 1.82) is 0 Å². The summed E-state index contributed by atoms with van der Waals surface area (Å²) in [7, 11) is 0. The summed E-state index contributed by atoms with van der Waals surface area (Å²) < 4.78 is 6.08. The van der Waals surface area contributed by atoms with Crippen LogP contribution in [-0.4, -0.2) is 13.2 Å². The van der Waals surface area contributed by atoms with Crippen LogP contribution in [-0.2, 0) is 5.41 Å². The van der Waals surface area contributed by atoms with Crippen molar-refractivity contribution in [3.63, 3.8) is 0 Å². The summed E-state index contributed by atoms with van der Waals surface area (Å²) in [6.45, 7) is 9.99. The molecule has 2 aromatic carbocycles. The highest BCUT2D eigenvalue weighted by Crippen LogP contribution is 2.29. The Morgan fingerprint density at radius 3 is 2.26 bits per heavy atom. The first-order valence-corrected chi connectivity index (χ1v) is 8.43. The normalized spacial score (nSPS) is 13.6. The molecule has 0 heterocycles. The van der Waals surface area contributed by atoms with Crippen molar-refractivity contribution in [2.24, 2.45) is 5.73 Å². The maximum absolute atomic E-state index is 6.08. The molecule has 0 bridgehead atoms. The van der Waals surface area contributed by atoms with E-state index in [1.807, 2.05) is 6.07 Å². The Bertz CT molecular complexity index is 636. The fourth-order valence-corrected chi connectivity index (χ4v) is 2.99. The van der Waals surface area contributed by atoms with Crippen molar-refractivity contribution in [2.75, 3.05) is 13.2 Å². The van der Waals surface area contributed by atoms with Gasteiger partial charge in [0, 0.05) is 12.0 Å². The Morgan fingerprint density at radius 1 is 0.957 bits per heavy atom. The lowest BCUT2D eigenvalue weighted by Crippen LogP contribution is -2.32. The van der Waals surface area contributed by atoms with Crippen LogP contribution in [0.2, 0.25) is 0 Å². The third-order valence-corrected chi connectivity index (χ3v) is 4.91. The number of nitrogens with two attached hydrogens (primary N) is 1. The summed E-state index contributed by atoms with van der Waals surface area (Å²) in [6, 6.07) is 14.8. The van der Waals surface area contributed by atoms with E-state index in [4.69, 9.17) is 10.5 Å². The molecule has 2 aromatic rings. The minimum atomic E-state index is 0.0152. The van der Waals surface area contributed by atoms with Crippen LogP contribution in [0.5, 0.6) is 5.75 Å². The molecular weight excluding hydrogens is 282 g/mol. The van der Waals surface area contributed by atoms with E-state index in [2.05, 4.69) is 64.1 Å². The van der Waals surface area contributed by atoms with Crippen LogP contribution in [0.25, 0.3) is 0 Å². The van der Waals surface area contributed by atoms with E-state index >= 15 is 0 Å². The predicted molar refractivity (Wildman–Crippen MR) is 98.2 cm³/mol. The lowest BCUT2D eigenvalue weighted by atomic mass is 9.79. The van der Waals surface area contributed by atoms with Gasteiger partial charge >= 0.3 is 0 Å². The van der Waals surface area contributed by atoms with Crippen molar-refractivity contribution < 1.29 is 4.74 Å². The molecule has 0 spiro atoms. The molecule has 0 fully saturated rings. The minimum absolute atomic E-state index is 0.0152. The second kappa shape index (κ2) is 7.65. The molecule has 1 unspecified atom stereocenters. The lowest BCUT2D eigenvalue weighted by molar-refractivity contribution is 0.282. The lowest BCUT2D eigenvalue weighted by Gasteiger charge is -2.28. The second-order valence-corrected chi connectivity index (χ2v) is 6.74. The number of rotatable bonds is 7. The van der Waals surface area contributed by atoms with Crippen LogP contribution in [0, 0.1) is 20.8 Å². The van der Waals surface area contributed by atoms with E-state index in [-0.39, 0.29) is 5.41 Å². The van der Waals surface area contributed by atoms with Gasteiger partial charge in [-0.3, -0.25) is 0 Å². The standard InChI is InChI=1S/C21H29NO/c1-16-11-12-17(2)20(18(16)3)23-14-8-13-21(4,15-22)19-9-6-5-7-10-19/h5-7,9-12H,8,13-15,22H2,1-4H3. The van der Waals surface area contributed by atoms with Gasteiger partial charge in [-0.1, -0.05) is 49.4 Å². The maximum Gasteiger partial charge on any atom is 0.125 e. The predicted octanol–water partition coefficient (Wildman–Crippen LogP) is 4.69. The molecule has 0 radical (unpaired) electrons. The van der Waals surface area contributed by atoms with E-state index in [9.17, 15) is 0 Å². The van der Waals surface area contributed by atoms with Crippen molar-refractivity contribution in [2.45, 2.75) is 46.0 Å². The van der Waals surface area contributed by atoms with Crippen molar-refractivity contribution >= 4 is 0 Å². The number of benzene rings is 2. The van der Waals surface area contributed by atoms with Crippen LogP contribution in [0.3, 0.4) is 0 Å². The monoisotopic (exact) mass is 311 g/mol. The van der Waals surface area contributed by atoms with E-state index in [0.29, 0.717) is 6.54 Å². The molecule has 0 aromatic heterocycles. The highest BCUT2D eigenvalue weighted by Gasteiger charge is 2.24. The number of ether oxygens (including phenoxy) is 1. The number of hydrogen-bond acceptors (Lipinski definition) is 2. The molecule has 0 amide bonds. The van der Waals surface area contributed by atoms with Gasteiger partial charge in [0.05, 0.1) is 6.61 Å². The van der Waals surface area contributed by atoms with E-state index in [1.165, 1.54) is 22.3 Å². The summed E-state index contributed by atoms with van der Waals surface area (Å²) in [5, 5.41) is 0. The first kappa shape index (κ1) is 17.6. The maximum atomic E-state index is 6.08. The largest absolute Gasteiger partial charge is 0.493 e. The summed E-state index contributed by atoms with van der Waals surface area (Å²) in [6.07, 6.45) is 2.02. The van der Waals surface area contributed by atoms with Crippen molar-refractivity contribution in [1.82, 2.24) is 0 Å². The zero-order valence-corrected chi connectivity index (χ0v) is 14.9. The Morgan fingerprint density at radius 2 is 1.61 bits per heavy atom. The van der Waals surface area contributed by atoms with Gasteiger partial charge in [-0.2, -0.15) is 0 Å². The molecule has 0 saturated carbocycles. The molecule has 2 nitrogen and oxygen atoms in total. The van der Waals surface area contributed by atoms with E-state index < -0.39 is 0 Å². The fraction of sp³-hybridized carbons (Fsp3) is 0.429. The van der Waals surface area contributed by atoms with Crippen LogP contribution >= 0.6 is 0 Å². The molecular formula is C21H29NO. The van der Waals surface area contributed by atoms with Crippen LogP contribution in [0.4, 0.5) is 0 Å². The van der Waals surface area contributed by atoms with Crippen molar-refractivity contribution in [3.8, 4) is 5.75 Å². The zero-order chi connectivity index (χ0) is 16.9. The van der Waals surface area contributed by atoms with Crippen LogP contribution in [0.1, 0.15) is 42.0 Å². The third-order valence-electron chi connectivity index (χ3n) is 4.91. The molecule has 23 heavy (non-hydrogen) atoms. The molecule has 0 aliphatic rings. The van der Waals surface area contributed by atoms with Gasteiger partial charge in [0.1, 0.15) is 5.75 Å². The van der Waals surface area contributed by atoms with Gasteiger partial charge in [0.15, 0.2) is 0 Å². The number of hydrogen-bond donors (Lipinski definition) is 1. The van der Waals surface area contributed by atoms with Gasteiger partial charge in [-0.15, -0.1) is 0 Å². The Labute approximate surface area is 140 Å². The summed E-state index contributed by atoms with van der Waals surface area (Å²) >= 11 is 0. The van der Waals surface area contributed by atoms with Gasteiger partial charge in [-0.25, -0.2) is 0 Å². The second-order valence-electron chi connectivity index (χ2n) is 6.74. The van der Waals surface area contributed by atoms with Gasteiger partial charge in [0.2, 0.25) is 0 Å². The first-order valence-electron chi connectivity index (χ1n) is 8.43. The average molecular weight is 311 g/mol. The van der Waals surface area contributed by atoms with Gasteiger partial charge in [0.25, 0.3) is 0 Å². The van der Waals surface area contributed by atoms with Crippen molar-refractivity contribution in [3.05, 3.63) is 64.7 Å². The summed E-state index contributed by atoms with van der Waals surface area (Å²) in [5.41, 5.74) is 11.1. The molecule has 0 saturated heterocycles. The molecule has 1 atom stereocenters. The average Bonchev–Trinajstić information content (AvgIpc) is 2.58. The summed E-state index contributed by atoms with van der Waals surface area (Å²) in [5.74, 6) is 1.04. The SMILES string of the molecule is Cc1ccc(C)c(OCCCC(C)(CN)c2ccccc2)c1C. The van der Waals surface area contributed by atoms with Gasteiger partial charge < -0.3 is 10.5 Å². The van der Waals surface area contributed by atoms with Crippen LogP contribution < -0.4 is 10.5 Å². The summed E-state index contributed by atoms with van der Waals surface area (Å²) in [4.78, 5) is 0. The quantitative estimate of drug-likeness (QED) is 0.753. The fourth-order valence-electron chi connectivity index (χ4n) is 2.99. The highest BCUT2D eigenvalue weighted by molar-refractivity contribution is 5.44. The Balaban J connectivity index is 1.96. The molecule has 0 aliphatic carbocycles. The minimum Gasteiger partial charge on any atom is -0.493 e. The molecule has 0 aliphatic heterocycles. The highest BCUT2D eigenvalue weighted by atomic mass is 16.5. The topological polar surface area (TPSA) is 35.2 Å². The van der Waals surface area contributed by atoms with E-state index in [0.717, 1.165) is 25.2 Å². The Hall–Kier alpha value is -1.80. The van der Waals surface area contributed by atoms with Gasteiger partial charge in [-0.05, 0) is 55.9 Å².